The Labute approximate surface area is 393 Å². The maximum atomic E-state index is 7.74. The summed E-state index contributed by atoms with van der Waals surface area (Å²) in [6, 6.07) is 70.9. The highest BCUT2D eigenvalue weighted by Crippen LogP contribution is 2.51. The molecule has 4 nitrogen and oxygen atoms in total. The Bertz CT molecular complexity index is 4210. The smallest absolute Gasteiger partial charge is 0.260 e. The summed E-state index contributed by atoms with van der Waals surface area (Å²) in [4.78, 5) is 0. The van der Waals surface area contributed by atoms with E-state index in [0.29, 0.717) is 0 Å². The molecule has 12 aromatic rings. The van der Waals surface area contributed by atoms with Crippen LogP contribution in [0.25, 0.3) is 93.1 Å². The normalized spacial score (nSPS) is 15.8. The summed E-state index contributed by atoms with van der Waals surface area (Å²) in [7, 11) is 0. The van der Waals surface area contributed by atoms with Crippen molar-refractivity contribution in [3.63, 3.8) is 0 Å². The highest BCUT2D eigenvalue weighted by atomic mass is 16.5. The Morgan fingerprint density at radius 1 is 0.456 bits per heavy atom. The number of ether oxygens (including phenoxy) is 2. The lowest BCUT2D eigenvalue weighted by atomic mass is 9.34. The van der Waals surface area contributed by atoms with Crippen LogP contribution in [0.1, 0.15) is 13.3 Å². The Balaban J connectivity index is 1.09. The van der Waals surface area contributed by atoms with Gasteiger partial charge in [0.05, 0.1) is 33.0 Å². The molecule has 3 aliphatic rings. The molecule has 0 N–H and O–H groups in total. The largest absolute Gasteiger partial charge is 0.457 e. The van der Waals surface area contributed by atoms with Crippen molar-refractivity contribution < 1.29 is 9.47 Å². The number of allylic oxidation sites excluding steroid dienone is 4. The third-order valence-electron chi connectivity index (χ3n) is 15.1. The molecule has 318 valence electrons. The Morgan fingerprint density at radius 3 is 1.63 bits per heavy atom. The van der Waals surface area contributed by atoms with Crippen molar-refractivity contribution in [3.05, 3.63) is 218 Å². The molecule has 68 heavy (non-hydrogen) atoms. The molecule has 5 heteroatoms. The second kappa shape index (κ2) is 14.0. The van der Waals surface area contributed by atoms with E-state index in [1.165, 1.54) is 32.4 Å². The summed E-state index contributed by atoms with van der Waals surface area (Å²) in [5.41, 5.74) is 13.0. The molecule has 15 rings (SSSR count). The van der Waals surface area contributed by atoms with Gasteiger partial charge in [0, 0.05) is 38.4 Å². The van der Waals surface area contributed by atoms with Gasteiger partial charge in [-0.15, -0.1) is 0 Å². The highest BCUT2D eigenvalue weighted by molar-refractivity contribution is 6.99. The van der Waals surface area contributed by atoms with Gasteiger partial charge in [0.2, 0.25) is 0 Å². The summed E-state index contributed by atoms with van der Waals surface area (Å²) in [5.74, 6) is 3.46. The monoisotopic (exact) mass is 868 g/mol. The molecule has 0 amide bonds. The van der Waals surface area contributed by atoms with E-state index >= 15 is 0 Å². The van der Waals surface area contributed by atoms with Crippen LogP contribution in [0.15, 0.2) is 218 Å². The van der Waals surface area contributed by atoms with E-state index in [0.717, 1.165) is 106 Å². The lowest BCUT2D eigenvalue weighted by Gasteiger charge is -2.36. The number of para-hydroxylation sites is 3. The number of hydrogen-bond acceptors (Lipinski definition) is 2. The summed E-state index contributed by atoms with van der Waals surface area (Å²) < 4.78 is 20.4. The van der Waals surface area contributed by atoms with E-state index in [4.69, 9.17) is 9.47 Å². The zero-order valence-electron chi connectivity index (χ0n) is 37.3. The van der Waals surface area contributed by atoms with Gasteiger partial charge in [-0.25, -0.2) is 0 Å². The topological polar surface area (TPSA) is 28.3 Å². The van der Waals surface area contributed by atoms with Crippen molar-refractivity contribution in [3.8, 4) is 50.9 Å². The van der Waals surface area contributed by atoms with Crippen molar-refractivity contribution in [2.24, 2.45) is 0 Å². The minimum atomic E-state index is -0.265. The number of benzene rings is 10. The lowest BCUT2D eigenvalue weighted by molar-refractivity contribution is 0.437. The maximum absolute atomic E-state index is 7.74. The fraction of sp³-hybridized carbons (Fsp3) is 0.0476. The van der Waals surface area contributed by atoms with E-state index in [9.17, 15) is 0 Å². The van der Waals surface area contributed by atoms with Gasteiger partial charge in [0.25, 0.3) is 6.71 Å². The maximum Gasteiger partial charge on any atom is 0.260 e. The quantitative estimate of drug-likeness (QED) is 0.165. The molecule has 0 saturated heterocycles. The zero-order valence-corrected chi connectivity index (χ0v) is 37.3. The molecule has 0 saturated carbocycles. The van der Waals surface area contributed by atoms with Gasteiger partial charge in [-0.1, -0.05) is 164 Å². The average Bonchev–Trinajstić information content (AvgIpc) is 3.93. The predicted octanol–water partition coefficient (Wildman–Crippen LogP) is 14.5. The second-order valence-electron chi connectivity index (χ2n) is 18.9. The van der Waals surface area contributed by atoms with Crippen LogP contribution in [0, 0.1) is 0 Å². The first-order chi connectivity index (χ1) is 33.6. The summed E-state index contributed by atoms with van der Waals surface area (Å²) >= 11 is 0. The van der Waals surface area contributed by atoms with Gasteiger partial charge < -0.3 is 18.6 Å². The standard InChI is InChI=1S/C63H41BN2O2/c1-63(34-14-3-15-35-63)66-53-25-13-11-23-47(53)57-55(66)33-31-51-62(57)68-60-49(44-29-27-40-17-7-9-19-42(40)37-44)38-48(43-28-26-39-16-6-8-18-41(39)36-43)59-58(60)64(51)50-30-32-54-56(61(50)67-59)46-22-10-12-24-52(46)65(54)45-20-4-2-5-21-45/h2-34,36-38H,35H2,1H3. The minimum Gasteiger partial charge on any atom is -0.457 e. The van der Waals surface area contributed by atoms with Gasteiger partial charge in [-0.2, -0.15) is 0 Å². The summed E-state index contributed by atoms with van der Waals surface area (Å²) in [6.45, 7) is 2.13. The van der Waals surface area contributed by atoms with Gasteiger partial charge in [-0.3, -0.25) is 0 Å². The van der Waals surface area contributed by atoms with E-state index in [2.05, 4.69) is 234 Å². The van der Waals surface area contributed by atoms with Gasteiger partial charge in [0.15, 0.2) is 0 Å². The van der Waals surface area contributed by atoms with Crippen LogP contribution >= 0.6 is 0 Å². The highest BCUT2D eigenvalue weighted by Gasteiger charge is 2.45. The van der Waals surface area contributed by atoms with E-state index in [1.807, 2.05) is 0 Å². The summed E-state index contributed by atoms with van der Waals surface area (Å²) in [5, 5.41) is 9.34. The van der Waals surface area contributed by atoms with Crippen LogP contribution in [0.4, 0.5) is 0 Å². The fourth-order valence-corrected chi connectivity index (χ4v) is 12.0. The van der Waals surface area contributed by atoms with Crippen molar-refractivity contribution in [2.75, 3.05) is 0 Å². The van der Waals surface area contributed by atoms with Crippen molar-refractivity contribution >= 4 is 88.3 Å². The number of aromatic nitrogens is 2. The van der Waals surface area contributed by atoms with Gasteiger partial charge >= 0.3 is 0 Å². The summed E-state index contributed by atoms with van der Waals surface area (Å²) in [6.07, 6.45) is 9.87. The second-order valence-corrected chi connectivity index (χ2v) is 18.9. The fourth-order valence-electron chi connectivity index (χ4n) is 12.0. The molecule has 10 aromatic carbocycles. The Hall–Kier alpha value is -8.54. The van der Waals surface area contributed by atoms with Crippen molar-refractivity contribution in [1.29, 1.82) is 0 Å². The molecule has 1 aliphatic carbocycles. The Kier molecular flexibility index (Phi) is 7.75. The van der Waals surface area contributed by atoms with E-state index in [-0.39, 0.29) is 12.3 Å². The molecule has 1 atom stereocenters. The molecular formula is C63H41BN2O2. The first-order valence-corrected chi connectivity index (χ1v) is 23.7. The first kappa shape index (κ1) is 37.7. The van der Waals surface area contributed by atoms with Crippen LogP contribution in [0.3, 0.4) is 0 Å². The van der Waals surface area contributed by atoms with Crippen LogP contribution in [0.2, 0.25) is 0 Å². The molecule has 0 radical (unpaired) electrons. The van der Waals surface area contributed by atoms with E-state index < -0.39 is 0 Å². The SMILES string of the molecule is CC1(n2c3ccccc3c3c4c(ccc32)B2c3ccc5c(c3Oc3c(-c6ccc7ccccc7c6)cc(-c6ccc7ccccc7c6)c(c32)O4)c2ccccc2n5-c2ccccc2)C=CC=CC1. The number of fused-ring (bicyclic) bond motifs is 14. The van der Waals surface area contributed by atoms with Crippen LogP contribution in [0.5, 0.6) is 23.0 Å². The number of rotatable bonds is 4. The first-order valence-electron chi connectivity index (χ1n) is 23.7. The molecular weight excluding hydrogens is 828 g/mol. The lowest BCUT2D eigenvalue weighted by Crippen LogP contribution is -2.57. The molecule has 2 aliphatic heterocycles. The van der Waals surface area contributed by atoms with Gasteiger partial charge in [0.1, 0.15) is 23.0 Å². The van der Waals surface area contributed by atoms with Crippen molar-refractivity contribution in [2.45, 2.75) is 18.9 Å². The molecule has 1 unspecified atom stereocenters. The average molecular weight is 869 g/mol. The molecule has 0 fully saturated rings. The zero-order chi connectivity index (χ0) is 44.7. The van der Waals surface area contributed by atoms with Gasteiger partial charge in [-0.05, 0) is 112 Å². The third kappa shape index (κ3) is 5.21. The van der Waals surface area contributed by atoms with Crippen LogP contribution < -0.4 is 25.9 Å². The van der Waals surface area contributed by atoms with Crippen LogP contribution in [-0.2, 0) is 5.54 Å². The van der Waals surface area contributed by atoms with Crippen molar-refractivity contribution in [1.82, 2.24) is 9.13 Å². The molecule has 4 heterocycles. The van der Waals surface area contributed by atoms with Crippen LogP contribution in [-0.4, -0.2) is 15.8 Å². The molecule has 0 bridgehead atoms. The molecule has 0 spiro atoms. The molecule has 2 aromatic heterocycles. The third-order valence-corrected chi connectivity index (χ3v) is 15.1. The number of nitrogens with zero attached hydrogens (tertiary/aromatic N) is 2. The number of hydrogen-bond donors (Lipinski definition) is 0. The predicted molar refractivity (Wildman–Crippen MR) is 284 cm³/mol. The van der Waals surface area contributed by atoms with E-state index in [1.54, 1.807) is 0 Å². The minimum absolute atomic E-state index is 0.213. The Morgan fingerprint density at radius 2 is 1.00 bits per heavy atom.